The van der Waals surface area contributed by atoms with Gasteiger partial charge in [-0.15, -0.1) is 0 Å². The molecule has 1 fully saturated rings. The van der Waals surface area contributed by atoms with Crippen molar-refractivity contribution in [2.24, 2.45) is 0 Å². The molecule has 2 N–H and O–H groups in total. The first kappa shape index (κ1) is 12.5. The smallest absolute Gasteiger partial charge is 0.323 e. The number of morpholine rings is 1. The van der Waals surface area contributed by atoms with Crippen LogP contribution in [-0.4, -0.2) is 29.8 Å². The standard InChI is InChI=1S/C12H14BrNO3/c1-7-11(8-2-4-9(13)5-3-8)17-6-10(14-7)12(15)16/h2-5,7,10-11,14H,6H2,1H3,(H,15,16). The lowest BCUT2D eigenvalue weighted by atomic mass is 10.0. The average Bonchev–Trinajstić information content (AvgIpc) is 2.30. The second kappa shape index (κ2) is 5.16. The van der Waals surface area contributed by atoms with Crippen molar-refractivity contribution in [1.29, 1.82) is 0 Å². The van der Waals surface area contributed by atoms with E-state index in [1.165, 1.54) is 0 Å². The summed E-state index contributed by atoms with van der Waals surface area (Å²) < 4.78 is 6.65. The summed E-state index contributed by atoms with van der Waals surface area (Å²) in [6, 6.07) is 7.23. The van der Waals surface area contributed by atoms with Crippen LogP contribution in [0.3, 0.4) is 0 Å². The number of carboxylic acid groups (broad SMARTS) is 1. The molecular weight excluding hydrogens is 286 g/mol. The van der Waals surface area contributed by atoms with Gasteiger partial charge in [0.25, 0.3) is 0 Å². The fourth-order valence-corrected chi connectivity index (χ4v) is 2.24. The van der Waals surface area contributed by atoms with Crippen molar-refractivity contribution in [2.45, 2.75) is 25.1 Å². The van der Waals surface area contributed by atoms with Crippen LogP contribution in [0.4, 0.5) is 0 Å². The summed E-state index contributed by atoms with van der Waals surface area (Å²) in [5, 5.41) is 11.9. The predicted molar refractivity (Wildman–Crippen MR) is 66.9 cm³/mol. The summed E-state index contributed by atoms with van der Waals surface area (Å²) in [4.78, 5) is 10.8. The maximum absolute atomic E-state index is 10.8. The van der Waals surface area contributed by atoms with Crippen molar-refractivity contribution < 1.29 is 14.6 Å². The molecule has 2 rings (SSSR count). The van der Waals surface area contributed by atoms with Gasteiger partial charge < -0.3 is 9.84 Å². The summed E-state index contributed by atoms with van der Waals surface area (Å²) in [6.07, 6.45) is -0.0984. The van der Waals surface area contributed by atoms with Gasteiger partial charge in [-0.3, -0.25) is 10.1 Å². The van der Waals surface area contributed by atoms with Gasteiger partial charge in [-0.05, 0) is 24.6 Å². The number of aliphatic carboxylic acids is 1. The Hall–Kier alpha value is -0.910. The van der Waals surface area contributed by atoms with Crippen molar-refractivity contribution >= 4 is 21.9 Å². The number of halogens is 1. The Bertz CT molecular complexity index is 407. The van der Waals surface area contributed by atoms with E-state index in [0.717, 1.165) is 10.0 Å². The molecule has 0 spiro atoms. The van der Waals surface area contributed by atoms with Crippen LogP contribution in [0.15, 0.2) is 28.7 Å². The predicted octanol–water partition coefficient (Wildman–Crippen LogP) is 1.95. The van der Waals surface area contributed by atoms with Gasteiger partial charge in [0.2, 0.25) is 0 Å². The maximum Gasteiger partial charge on any atom is 0.323 e. The quantitative estimate of drug-likeness (QED) is 0.876. The molecule has 1 saturated heterocycles. The molecule has 1 heterocycles. The van der Waals surface area contributed by atoms with Crippen molar-refractivity contribution in [3.63, 3.8) is 0 Å². The Morgan fingerprint density at radius 1 is 1.47 bits per heavy atom. The van der Waals surface area contributed by atoms with Crippen LogP contribution in [-0.2, 0) is 9.53 Å². The van der Waals surface area contributed by atoms with Crippen LogP contribution >= 0.6 is 15.9 Å². The van der Waals surface area contributed by atoms with Crippen molar-refractivity contribution in [2.75, 3.05) is 6.61 Å². The molecule has 0 amide bonds. The molecule has 1 aliphatic heterocycles. The van der Waals surface area contributed by atoms with Gasteiger partial charge in [0.05, 0.1) is 12.7 Å². The fourth-order valence-electron chi connectivity index (χ4n) is 1.98. The largest absolute Gasteiger partial charge is 0.480 e. The van der Waals surface area contributed by atoms with Gasteiger partial charge in [-0.2, -0.15) is 0 Å². The zero-order valence-electron chi connectivity index (χ0n) is 9.39. The Labute approximate surface area is 108 Å². The lowest BCUT2D eigenvalue weighted by molar-refractivity contribution is -0.145. The zero-order chi connectivity index (χ0) is 12.4. The van der Waals surface area contributed by atoms with Gasteiger partial charge in [-0.25, -0.2) is 0 Å². The highest BCUT2D eigenvalue weighted by Crippen LogP contribution is 2.26. The molecule has 17 heavy (non-hydrogen) atoms. The summed E-state index contributed by atoms with van der Waals surface area (Å²) in [7, 11) is 0. The van der Waals surface area contributed by atoms with E-state index in [9.17, 15) is 4.79 Å². The first-order valence-electron chi connectivity index (χ1n) is 5.44. The molecule has 1 aliphatic rings. The molecule has 4 nitrogen and oxygen atoms in total. The van der Waals surface area contributed by atoms with E-state index in [2.05, 4.69) is 21.2 Å². The minimum atomic E-state index is -0.869. The average molecular weight is 300 g/mol. The van der Waals surface area contributed by atoms with Gasteiger partial charge in [0, 0.05) is 10.5 Å². The number of hydrogen-bond donors (Lipinski definition) is 2. The maximum atomic E-state index is 10.8. The van der Waals surface area contributed by atoms with Gasteiger partial charge >= 0.3 is 5.97 Å². The Balaban J connectivity index is 2.09. The van der Waals surface area contributed by atoms with Crippen LogP contribution in [0.2, 0.25) is 0 Å². The molecule has 0 aliphatic carbocycles. The first-order chi connectivity index (χ1) is 8.08. The van der Waals surface area contributed by atoms with Gasteiger partial charge in [-0.1, -0.05) is 28.1 Å². The topological polar surface area (TPSA) is 58.6 Å². The van der Waals surface area contributed by atoms with Crippen molar-refractivity contribution in [3.05, 3.63) is 34.3 Å². The highest BCUT2D eigenvalue weighted by Gasteiger charge is 2.32. The van der Waals surface area contributed by atoms with Crippen LogP contribution in [0, 0.1) is 0 Å². The molecule has 3 atom stereocenters. The molecule has 92 valence electrons. The molecule has 0 bridgehead atoms. The molecule has 1 aromatic rings. The molecule has 0 saturated carbocycles. The third kappa shape index (κ3) is 2.86. The van der Waals surface area contributed by atoms with Crippen LogP contribution < -0.4 is 5.32 Å². The van der Waals surface area contributed by atoms with Crippen LogP contribution in [0.5, 0.6) is 0 Å². The Morgan fingerprint density at radius 3 is 2.65 bits per heavy atom. The van der Waals surface area contributed by atoms with Gasteiger partial charge in [0.1, 0.15) is 6.04 Å². The van der Waals surface area contributed by atoms with Crippen molar-refractivity contribution in [3.8, 4) is 0 Å². The number of rotatable bonds is 2. The molecular formula is C12H14BrNO3. The van der Waals surface area contributed by atoms with Crippen LogP contribution in [0.25, 0.3) is 0 Å². The van der Waals surface area contributed by atoms with E-state index in [1.54, 1.807) is 0 Å². The number of nitrogens with one attached hydrogen (secondary N) is 1. The van der Waals surface area contributed by atoms with Crippen molar-refractivity contribution in [1.82, 2.24) is 5.32 Å². The number of hydrogen-bond acceptors (Lipinski definition) is 3. The number of benzene rings is 1. The number of carboxylic acids is 1. The van der Waals surface area contributed by atoms with E-state index >= 15 is 0 Å². The lowest BCUT2D eigenvalue weighted by Gasteiger charge is -2.34. The molecule has 3 unspecified atom stereocenters. The van der Waals surface area contributed by atoms with E-state index in [1.807, 2.05) is 31.2 Å². The highest BCUT2D eigenvalue weighted by molar-refractivity contribution is 9.10. The number of carbonyl (C=O) groups is 1. The molecule has 1 aromatic carbocycles. The Morgan fingerprint density at radius 2 is 2.12 bits per heavy atom. The second-order valence-corrected chi connectivity index (χ2v) is 5.07. The van der Waals surface area contributed by atoms with Crippen LogP contribution in [0.1, 0.15) is 18.6 Å². The SMILES string of the molecule is CC1NC(C(=O)O)COC1c1ccc(Br)cc1. The van der Waals surface area contributed by atoms with E-state index < -0.39 is 12.0 Å². The molecule has 5 heteroatoms. The summed E-state index contributed by atoms with van der Waals surface area (Å²) >= 11 is 3.38. The molecule has 0 aromatic heterocycles. The normalized spacial score (nSPS) is 28.9. The van der Waals surface area contributed by atoms with E-state index in [4.69, 9.17) is 9.84 Å². The van der Waals surface area contributed by atoms with E-state index in [-0.39, 0.29) is 18.8 Å². The summed E-state index contributed by atoms with van der Waals surface area (Å²) in [5.74, 6) is -0.869. The third-order valence-electron chi connectivity index (χ3n) is 2.86. The minimum Gasteiger partial charge on any atom is -0.480 e. The zero-order valence-corrected chi connectivity index (χ0v) is 11.0. The summed E-state index contributed by atoms with van der Waals surface area (Å²) in [5.41, 5.74) is 1.05. The van der Waals surface area contributed by atoms with Gasteiger partial charge in [0.15, 0.2) is 0 Å². The summed E-state index contributed by atoms with van der Waals surface area (Å²) in [6.45, 7) is 2.13. The molecule has 0 radical (unpaired) electrons. The number of ether oxygens (including phenoxy) is 1. The monoisotopic (exact) mass is 299 g/mol. The van der Waals surface area contributed by atoms with E-state index in [0.29, 0.717) is 0 Å². The Kier molecular flexibility index (Phi) is 3.81. The highest BCUT2D eigenvalue weighted by atomic mass is 79.9. The fraction of sp³-hybridized carbons (Fsp3) is 0.417. The third-order valence-corrected chi connectivity index (χ3v) is 3.39. The second-order valence-electron chi connectivity index (χ2n) is 4.15. The lowest BCUT2D eigenvalue weighted by Crippen LogP contribution is -2.52. The first-order valence-corrected chi connectivity index (χ1v) is 6.23. The minimum absolute atomic E-state index is 0.0222.